The number of unbranched alkanes of at least 4 members (excludes halogenated alkanes) is 1. The number of rotatable bonds is 17. The summed E-state index contributed by atoms with van der Waals surface area (Å²) in [5, 5.41) is 0. The minimum Gasteiger partial charge on any atom is -0.464 e. The number of hydrogen-bond acceptors (Lipinski definition) is 10. The molecule has 0 saturated heterocycles. The van der Waals surface area contributed by atoms with Gasteiger partial charge in [-0.05, 0) is 67.2 Å². The summed E-state index contributed by atoms with van der Waals surface area (Å²) in [6.07, 6.45) is 1.59. The third kappa shape index (κ3) is 15.3. The molecule has 0 fully saturated rings. The Morgan fingerprint density at radius 1 is 0.625 bits per heavy atom. The first-order valence-electron chi connectivity index (χ1n) is 13.9. The second-order valence-electron chi connectivity index (χ2n) is 11.4. The Bertz CT molecular complexity index is 712. The largest absolute Gasteiger partial charge is 0.464 e. The number of ether oxygens (including phenoxy) is 6. The minimum atomic E-state index is -0.855. The number of esters is 2. The first kappa shape index (κ1) is 37.4. The highest BCUT2D eigenvalue weighted by Gasteiger charge is 2.35. The standard InChI is InChI=1S/C28H52N2O10/c1-11-15-21(29(19-35-9)25(33)39-27(3,4)5)23(31)37-17-13-14-18-38-24(32)22(16-12-2)30(20-36-10)26(34)40-28(6,7)8/h21-22H,11-20H2,1-10H3/t21-,22-/m0/s1. The summed E-state index contributed by atoms with van der Waals surface area (Å²) in [7, 11) is 2.86. The van der Waals surface area contributed by atoms with Crippen molar-refractivity contribution in [1.29, 1.82) is 0 Å². The van der Waals surface area contributed by atoms with Crippen molar-refractivity contribution < 1.29 is 47.6 Å². The first-order chi connectivity index (χ1) is 18.6. The average molecular weight is 577 g/mol. The van der Waals surface area contributed by atoms with Crippen LogP contribution in [-0.4, -0.2) is 98.1 Å². The Hall–Kier alpha value is -2.60. The topological polar surface area (TPSA) is 130 Å². The molecule has 0 aromatic rings. The zero-order valence-electron chi connectivity index (χ0n) is 26.2. The van der Waals surface area contributed by atoms with Crippen LogP contribution in [0.3, 0.4) is 0 Å². The molecule has 0 N–H and O–H groups in total. The first-order valence-corrected chi connectivity index (χ1v) is 13.9. The monoisotopic (exact) mass is 576 g/mol. The lowest BCUT2D eigenvalue weighted by Crippen LogP contribution is -2.48. The van der Waals surface area contributed by atoms with E-state index >= 15 is 0 Å². The average Bonchev–Trinajstić information content (AvgIpc) is 2.83. The Kier molecular flexibility index (Phi) is 17.5. The molecule has 40 heavy (non-hydrogen) atoms. The molecule has 0 heterocycles. The molecule has 0 aliphatic rings. The van der Waals surface area contributed by atoms with Gasteiger partial charge in [0.1, 0.15) is 36.7 Å². The third-order valence-electron chi connectivity index (χ3n) is 5.24. The maximum Gasteiger partial charge on any atom is 0.412 e. The Morgan fingerprint density at radius 3 is 1.20 bits per heavy atom. The number of amides is 2. The molecule has 0 saturated carbocycles. The van der Waals surface area contributed by atoms with E-state index in [1.54, 1.807) is 41.5 Å². The second-order valence-corrected chi connectivity index (χ2v) is 11.4. The van der Waals surface area contributed by atoms with Crippen LogP contribution in [0, 0.1) is 0 Å². The summed E-state index contributed by atoms with van der Waals surface area (Å²) in [5.41, 5.74) is -1.46. The number of nitrogens with zero attached hydrogens (tertiary/aromatic N) is 2. The van der Waals surface area contributed by atoms with E-state index in [9.17, 15) is 19.2 Å². The fraction of sp³-hybridized carbons (Fsp3) is 0.857. The van der Waals surface area contributed by atoms with Gasteiger partial charge in [0.25, 0.3) is 0 Å². The second kappa shape index (κ2) is 18.7. The van der Waals surface area contributed by atoms with Crippen LogP contribution < -0.4 is 0 Å². The van der Waals surface area contributed by atoms with Crippen molar-refractivity contribution >= 4 is 24.1 Å². The number of hydrogen-bond donors (Lipinski definition) is 0. The van der Waals surface area contributed by atoms with Crippen molar-refractivity contribution in [2.24, 2.45) is 0 Å². The van der Waals surface area contributed by atoms with E-state index in [2.05, 4.69) is 0 Å². The molecular weight excluding hydrogens is 524 g/mol. The van der Waals surface area contributed by atoms with Gasteiger partial charge in [-0.25, -0.2) is 19.2 Å². The summed E-state index contributed by atoms with van der Waals surface area (Å²) < 4.78 is 32.0. The maximum atomic E-state index is 12.8. The molecule has 2 atom stereocenters. The van der Waals surface area contributed by atoms with Crippen LogP contribution in [0.2, 0.25) is 0 Å². The van der Waals surface area contributed by atoms with Crippen LogP contribution in [0.5, 0.6) is 0 Å². The molecular formula is C28H52N2O10. The van der Waals surface area contributed by atoms with Crippen LogP contribution >= 0.6 is 0 Å². The van der Waals surface area contributed by atoms with Gasteiger partial charge in [0, 0.05) is 14.2 Å². The van der Waals surface area contributed by atoms with Gasteiger partial charge >= 0.3 is 24.1 Å². The lowest BCUT2D eigenvalue weighted by Gasteiger charge is -2.31. The van der Waals surface area contributed by atoms with E-state index in [1.807, 2.05) is 13.8 Å². The molecule has 12 nitrogen and oxygen atoms in total. The summed E-state index contributed by atoms with van der Waals surface area (Å²) in [5.74, 6) is -1.12. The van der Waals surface area contributed by atoms with E-state index in [0.29, 0.717) is 38.5 Å². The molecule has 0 bridgehead atoms. The summed E-state index contributed by atoms with van der Waals surface area (Å²) in [6, 6.07) is -1.71. The molecule has 12 heteroatoms. The highest BCUT2D eigenvalue weighted by molar-refractivity contribution is 5.82. The number of carbonyl (C=O) groups is 4. The van der Waals surface area contributed by atoms with Crippen LogP contribution in [0.15, 0.2) is 0 Å². The van der Waals surface area contributed by atoms with E-state index in [4.69, 9.17) is 28.4 Å². The third-order valence-corrected chi connectivity index (χ3v) is 5.24. The van der Waals surface area contributed by atoms with Crippen LogP contribution in [-0.2, 0) is 38.0 Å². The lowest BCUT2D eigenvalue weighted by molar-refractivity contribution is -0.154. The molecule has 0 aliphatic carbocycles. The smallest absolute Gasteiger partial charge is 0.412 e. The van der Waals surface area contributed by atoms with E-state index in [1.165, 1.54) is 24.0 Å². The van der Waals surface area contributed by atoms with Crippen molar-refractivity contribution in [3.8, 4) is 0 Å². The predicted molar refractivity (Wildman–Crippen MR) is 148 cm³/mol. The molecule has 0 rings (SSSR count). The van der Waals surface area contributed by atoms with Gasteiger partial charge in [-0.3, -0.25) is 9.80 Å². The van der Waals surface area contributed by atoms with Crippen molar-refractivity contribution in [1.82, 2.24) is 9.80 Å². The Balaban J connectivity index is 4.99. The van der Waals surface area contributed by atoms with Crippen molar-refractivity contribution in [3.05, 3.63) is 0 Å². The lowest BCUT2D eigenvalue weighted by atomic mass is 10.1. The molecule has 0 aromatic carbocycles. The van der Waals surface area contributed by atoms with Gasteiger partial charge in [0.2, 0.25) is 0 Å². The van der Waals surface area contributed by atoms with Crippen LogP contribution in [0.4, 0.5) is 9.59 Å². The van der Waals surface area contributed by atoms with E-state index in [-0.39, 0.29) is 26.7 Å². The van der Waals surface area contributed by atoms with Crippen molar-refractivity contribution in [2.75, 3.05) is 40.9 Å². The summed E-state index contributed by atoms with van der Waals surface area (Å²) >= 11 is 0. The fourth-order valence-corrected chi connectivity index (χ4v) is 3.55. The Morgan fingerprint density at radius 2 is 0.950 bits per heavy atom. The van der Waals surface area contributed by atoms with Gasteiger partial charge in [-0.2, -0.15) is 0 Å². The summed E-state index contributed by atoms with van der Waals surface area (Å²) in [4.78, 5) is 53.5. The molecule has 2 amide bonds. The van der Waals surface area contributed by atoms with Crippen LogP contribution in [0.25, 0.3) is 0 Å². The zero-order valence-corrected chi connectivity index (χ0v) is 26.2. The molecule has 0 aromatic heterocycles. The SMILES string of the molecule is CCC[C@@H](C(=O)OCCCCOC(=O)[C@H](CCC)N(COC)C(=O)OC(C)(C)C)N(COC)C(=O)OC(C)(C)C. The summed E-state index contributed by atoms with van der Waals surface area (Å²) in [6.45, 7) is 14.2. The van der Waals surface area contributed by atoms with Crippen molar-refractivity contribution in [3.63, 3.8) is 0 Å². The quantitative estimate of drug-likeness (QED) is 0.102. The molecule has 0 spiro atoms. The molecule has 0 radical (unpaired) electrons. The van der Waals surface area contributed by atoms with E-state index in [0.717, 1.165) is 0 Å². The van der Waals surface area contributed by atoms with Gasteiger partial charge in [0.15, 0.2) is 0 Å². The fourth-order valence-electron chi connectivity index (χ4n) is 3.55. The van der Waals surface area contributed by atoms with Gasteiger partial charge in [-0.1, -0.05) is 26.7 Å². The zero-order chi connectivity index (χ0) is 30.9. The molecule has 0 unspecified atom stereocenters. The number of carbonyl (C=O) groups excluding carboxylic acids is 4. The predicted octanol–water partition coefficient (Wildman–Crippen LogP) is 4.87. The van der Waals surface area contributed by atoms with Crippen molar-refractivity contribution in [2.45, 2.75) is 117 Å². The maximum absolute atomic E-state index is 12.8. The van der Waals surface area contributed by atoms with Gasteiger partial charge in [0.05, 0.1) is 13.2 Å². The Labute approximate surface area is 239 Å². The molecule has 0 aliphatic heterocycles. The van der Waals surface area contributed by atoms with Gasteiger partial charge < -0.3 is 28.4 Å². The highest BCUT2D eigenvalue weighted by Crippen LogP contribution is 2.18. The minimum absolute atomic E-state index is 0.0812. The van der Waals surface area contributed by atoms with E-state index < -0.39 is 47.4 Å². The van der Waals surface area contributed by atoms with Crippen LogP contribution in [0.1, 0.15) is 93.9 Å². The molecule has 234 valence electrons. The highest BCUT2D eigenvalue weighted by atomic mass is 16.6. The normalized spacial score (nSPS) is 13.2. The number of methoxy groups -OCH3 is 2. The van der Waals surface area contributed by atoms with Gasteiger partial charge in [-0.15, -0.1) is 0 Å².